The van der Waals surface area contributed by atoms with Crippen LogP contribution in [-0.2, 0) is 0 Å². The summed E-state index contributed by atoms with van der Waals surface area (Å²) in [5.41, 5.74) is 0. The fourth-order valence-electron chi connectivity index (χ4n) is 0.795. The molecule has 0 fully saturated rings. The van der Waals surface area contributed by atoms with E-state index in [9.17, 15) is 4.39 Å². The molecule has 2 nitrogen and oxygen atoms in total. The zero-order valence-corrected chi connectivity index (χ0v) is 7.67. The van der Waals surface area contributed by atoms with Crippen molar-refractivity contribution in [1.82, 2.24) is 0 Å². The SMILES string of the molecule is OCC(F)COc1ccccc1Cl. The minimum Gasteiger partial charge on any atom is -0.489 e. The van der Waals surface area contributed by atoms with E-state index < -0.39 is 12.8 Å². The Kier molecular flexibility index (Phi) is 3.99. The second-order valence-electron chi connectivity index (χ2n) is 2.52. The highest BCUT2D eigenvalue weighted by Gasteiger charge is 2.06. The second kappa shape index (κ2) is 5.04. The number of aliphatic hydroxyl groups is 1. The Bertz CT molecular complexity index is 268. The van der Waals surface area contributed by atoms with Gasteiger partial charge in [-0.3, -0.25) is 0 Å². The van der Waals surface area contributed by atoms with Gasteiger partial charge in [-0.15, -0.1) is 0 Å². The van der Waals surface area contributed by atoms with E-state index in [1.165, 1.54) is 0 Å². The van der Waals surface area contributed by atoms with Crippen LogP contribution in [0, 0.1) is 0 Å². The van der Waals surface area contributed by atoms with Gasteiger partial charge in [-0.05, 0) is 12.1 Å². The minimum atomic E-state index is -1.36. The molecule has 0 bridgehead atoms. The standard InChI is InChI=1S/C9H10ClFO2/c10-8-3-1-2-4-9(8)13-6-7(11)5-12/h1-4,7,12H,5-6H2. The van der Waals surface area contributed by atoms with E-state index in [1.807, 2.05) is 0 Å². The first-order chi connectivity index (χ1) is 6.24. The zero-order valence-electron chi connectivity index (χ0n) is 6.91. The van der Waals surface area contributed by atoms with E-state index in [0.29, 0.717) is 10.8 Å². The third-order valence-electron chi connectivity index (χ3n) is 1.45. The number of aliphatic hydroxyl groups excluding tert-OH is 1. The Balaban J connectivity index is 2.50. The van der Waals surface area contributed by atoms with Gasteiger partial charge in [-0.1, -0.05) is 23.7 Å². The Morgan fingerprint density at radius 1 is 1.46 bits per heavy atom. The minimum absolute atomic E-state index is 0.180. The third kappa shape index (κ3) is 3.20. The molecule has 0 saturated heterocycles. The van der Waals surface area contributed by atoms with E-state index in [2.05, 4.69) is 0 Å². The van der Waals surface area contributed by atoms with E-state index >= 15 is 0 Å². The summed E-state index contributed by atoms with van der Waals surface area (Å²) in [4.78, 5) is 0. The number of rotatable bonds is 4. The Morgan fingerprint density at radius 3 is 2.77 bits per heavy atom. The summed E-state index contributed by atoms with van der Waals surface area (Å²) in [7, 11) is 0. The highest BCUT2D eigenvalue weighted by molar-refractivity contribution is 6.32. The number of benzene rings is 1. The summed E-state index contributed by atoms with van der Waals surface area (Å²) in [5.74, 6) is 0.431. The lowest BCUT2D eigenvalue weighted by Gasteiger charge is -2.08. The van der Waals surface area contributed by atoms with E-state index in [1.54, 1.807) is 24.3 Å². The first-order valence-corrected chi connectivity index (χ1v) is 4.24. The molecule has 1 atom stereocenters. The molecule has 1 aromatic carbocycles. The summed E-state index contributed by atoms with van der Waals surface area (Å²) in [6.07, 6.45) is -1.36. The number of hydrogen-bond acceptors (Lipinski definition) is 2. The fraction of sp³-hybridized carbons (Fsp3) is 0.333. The molecule has 4 heteroatoms. The molecule has 0 aliphatic carbocycles. The molecule has 1 unspecified atom stereocenters. The van der Waals surface area contributed by atoms with E-state index in [0.717, 1.165) is 0 Å². The van der Waals surface area contributed by atoms with Crippen molar-refractivity contribution in [3.8, 4) is 5.75 Å². The van der Waals surface area contributed by atoms with Gasteiger partial charge in [0.05, 0.1) is 11.6 Å². The molecule has 0 spiro atoms. The fourth-order valence-corrected chi connectivity index (χ4v) is 0.985. The first-order valence-electron chi connectivity index (χ1n) is 3.86. The van der Waals surface area contributed by atoms with Crippen molar-refractivity contribution >= 4 is 11.6 Å². The van der Waals surface area contributed by atoms with Crippen molar-refractivity contribution in [1.29, 1.82) is 0 Å². The van der Waals surface area contributed by atoms with Crippen molar-refractivity contribution in [2.24, 2.45) is 0 Å². The lowest BCUT2D eigenvalue weighted by atomic mass is 10.3. The first kappa shape index (κ1) is 10.3. The molecule has 0 aliphatic heterocycles. The molecule has 1 aromatic rings. The van der Waals surface area contributed by atoms with E-state index in [-0.39, 0.29) is 6.61 Å². The largest absolute Gasteiger partial charge is 0.489 e. The maximum atomic E-state index is 12.5. The lowest BCUT2D eigenvalue weighted by molar-refractivity contribution is 0.123. The molecule has 0 radical (unpaired) electrons. The van der Waals surface area contributed by atoms with Crippen LogP contribution in [-0.4, -0.2) is 24.5 Å². The van der Waals surface area contributed by atoms with Crippen LogP contribution in [0.15, 0.2) is 24.3 Å². The van der Waals surface area contributed by atoms with Gasteiger partial charge in [0.15, 0.2) is 6.17 Å². The van der Waals surface area contributed by atoms with Crippen LogP contribution >= 0.6 is 11.6 Å². The molecule has 1 N–H and O–H groups in total. The monoisotopic (exact) mass is 204 g/mol. The number of para-hydroxylation sites is 1. The number of hydrogen-bond donors (Lipinski definition) is 1. The van der Waals surface area contributed by atoms with Crippen LogP contribution in [0.2, 0.25) is 5.02 Å². The molecule has 0 heterocycles. The maximum absolute atomic E-state index is 12.5. The van der Waals surface area contributed by atoms with Crippen molar-refractivity contribution in [2.45, 2.75) is 6.17 Å². The van der Waals surface area contributed by atoms with Crippen molar-refractivity contribution < 1.29 is 14.2 Å². The normalized spacial score (nSPS) is 12.5. The highest BCUT2D eigenvalue weighted by Crippen LogP contribution is 2.23. The van der Waals surface area contributed by atoms with Crippen LogP contribution in [0.1, 0.15) is 0 Å². The third-order valence-corrected chi connectivity index (χ3v) is 1.77. The predicted molar refractivity (Wildman–Crippen MR) is 48.9 cm³/mol. The number of alkyl halides is 1. The second-order valence-corrected chi connectivity index (χ2v) is 2.93. The van der Waals surface area contributed by atoms with Gasteiger partial charge < -0.3 is 9.84 Å². The molecule has 0 aliphatic rings. The van der Waals surface area contributed by atoms with Crippen LogP contribution in [0.4, 0.5) is 4.39 Å². The smallest absolute Gasteiger partial charge is 0.157 e. The predicted octanol–water partition coefficient (Wildman–Crippen LogP) is 2.05. The highest BCUT2D eigenvalue weighted by atomic mass is 35.5. The Morgan fingerprint density at radius 2 is 2.15 bits per heavy atom. The van der Waals surface area contributed by atoms with E-state index in [4.69, 9.17) is 21.4 Å². The number of halogens is 2. The summed E-state index contributed by atoms with van der Waals surface area (Å²) < 4.78 is 17.6. The molecule has 1 rings (SSSR count). The zero-order chi connectivity index (χ0) is 9.68. The van der Waals surface area contributed by atoms with Crippen molar-refractivity contribution in [2.75, 3.05) is 13.2 Å². The van der Waals surface area contributed by atoms with Crippen molar-refractivity contribution in [3.05, 3.63) is 29.3 Å². The van der Waals surface area contributed by atoms with Gasteiger partial charge in [0.1, 0.15) is 12.4 Å². The summed E-state index contributed by atoms with van der Waals surface area (Å²) in [6, 6.07) is 6.80. The van der Waals surface area contributed by atoms with Crippen molar-refractivity contribution in [3.63, 3.8) is 0 Å². The van der Waals surface area contributed by atoms with Gasteiger partial charge in [-0.25, -0.2) is 4.39 Å². The summed E-state index contributed by atoms with van der Waals surface area (Å²) >= 11 is 5.74. The van der Waals surface area contributed by atoms with Crippen LogP contribution in [0.25, 0.3) is 0 Å². The average molecular weight is 205 g/mol. The molecule has 72 valence electrons. The topological polar surface area (TPSA) is 29.5 Å². The lowest BCUT2D eigenvalue weighted by Crippen LogP contribution is -2.16. The van der Waals surface area contributed by atoms with Crippen LogP contribution in [0.5, 0.6) is 5.75 Å². The number of ether oxygens (including phenoxy) is 1. The maximum Gasteiger partial charge on any atom is 0.157 e. The molecule has 13 heavy (non-hydrogen) atoms. The quantitative estimate of drug-likeness (QED) is 0.814. The molecule has 0 aromatic heterocycles. The molecular weight excluding hydrogens is 195 g/mol. The van der Waals surface area contributed by atoms with Gasteiger partial charge in [0.25, 0.3) is 0 Å². The molecule has 0 saturated carbocycles. The Labute approximate surface area is 80.9 Å². The molecular formula is C9H10ClFO2. The van der Waals surface area contributed by atoms with Gasteiger partial charge in [0, 0.05) is 0 Å². The van der Waals surface area contributed by atoms with Crippen LogP contribution in [0.3, 0.4) is 0 Å². The summed E-state index contributed by atoms with van der Waals surface area (Å²) in [6.45, 7) is -0.718. The Hall–Kier alpha value is -0.800. The summed E-state index contributed by atoms with van der Waals surface area (Å²) in [5, 5.41) is 8.83. The average Bonchev–Trinajstić information content (AvgIpc) is 2.16. The molecule has 0 amide bonds. The van der Waals surface area contributed by atoms with Crippen LogP contribution < -0.4 is 4.74 Å². The van der Waals surface area contributed by atoms with Gasteiger partial charge in [0.2, 0.25) is 0 Å². The van der Waals surface area contributed by atoms with Gasteiger partial charge in [-0.2, -0.15) is 0 Å². The van der Waals surface area contributed by atoms with Gasteiger partial charge >= 0.3 is 0 Å².